The van der Waals surface area contributed by atoms with Gasteiger partial charge in [-0.3, -0.25) is 0 Å². The Hall–Kier alpha value is -0.0800. The van der Waals surface area contributed by atoms with Crippen LogP contribution in [0.1, 0.15) is 39.5 Å². The van der Waals surface area contributed by atoms with Crippen LogP contribution in [0.4, 0.5) is 0 Å². The second kappa shape index (κ2) is 3.97. The fourth-order valence-corrected chi connectivity index (χ4v) is 2.03. The maximum Gasteiger partial charge on any atom is 0.0612 e. The third-order valence-corrected chi connectivity index (χ3v) is 3.11. The van der Waals surface area contributed by atoms with E-state index < -0.39 is 0 Å². The lowest BCUT2D eigenvalue weighted by atomic mass is 9.95. The average molecular weight is 183 g/mol. The summed E-state index contributed by atoms with van der Waals surface area (Å²) in [7, 11) is 0. The Morgan fingerprint density at radius 2 is 1.92 bits per heavy atom. The molecule has 1 aliphatic carbocycles. The topological polar surface area (TPSA) is 21.3 Å². The normalized spacial score (nSPS) is 35.3. The molecule has 1 N–H and O–H groups in total. The Morgan fingerprint density at radius 3 is 2.54 bits per heavy atom. The van der Waals surface area contributed by atoms with Crippen molar-refractivity contribution in [2.45, 2.75) is 57.7 Å². The molecule has 2 atom stereocenters. The van der Waals surface area contributed by atoms with Crippen molar-refractivity contribution >= 4 is 0 Å². The molecule has 0 bridgehead atoms. The summed E-state index contributed by atoms with van der Waals surface area (Å²) in [6.45, 7) is 5.46. The van der Waals surface area contributed by atoms with E-state index in [-0.39, 0.29) is 0 Å². The van der Waals surface area contributed by atoms with Crippen molar-refractivity contribution in [3.63, 3.8) is 0 Å². The van der Waals surface area contributed by atoms with Crippen molar-refractivity contribution < 1.29 is 4.74 Å². The van der Waals surface area contributed by atoms with Gasteiger partial charge in [0, 0.05) is 18.7 Å². The van der Waals surface area contributed by atoms with Crippen LogP contribution in [0, 0.1) is 5.92 Å². The molecule has 76 valence electrons. The van der Waals surface area contributed by atoms with Gasteiger partial charge in [-0.25, -0.2) is 0 Å². The highest BCUT2D eigenvalue weighted by atomic mass is 16.5. The van der Waals surface area contributed by atoms with Crippen LogP contribution in [-0.2, 0) is 4.74 Å². The second-order valence-electron chi connectivity index (χ2n) is 4.82. The van der Waals surface area contributed by atoms with E-state index in [0.717, 1.165) is 18.7 Å². The molecule has 13 heavy (non-hydrogen) atoms. The fourth-order valence-electron chi connectivity index (χ4n) is 2.03. The van der Waals surface area contributed by atoms with Crippen LogP contribution in [0.15, 0.2) is 0 Å². The lowest BCUT2D eigenvalue weighted by molar-refractivity contribution is -0.0245. The number of nitrogens with one attached hydrogen (secondary N) is 1. The van der Waals surface area contributed by atoms with Crippen LogP contribution >= 0.6 is 0 Å². The van der Waals surface area contributed by atoms with Crippen molar-refractivity contribution in [2.24, 2.45) is 5.92 Å². The maximum atomic E-state index is 5.73. The van der Waals surface area contributed by atoms with E-state index in [4.69, 9.17) is 4.74 Å². The van der Waals surface area contributed by atoms with Gasteiger partial charge < -0.3 is 10.1 Å². The van der Waals surface area contributed by atoms with Gasteiger partial charge in [-0.05, 0) is 31.6 Å². The summed E-state index contributed by atoms with van der Waals surface area (Å²) in [5.74, 6) is 0.670. The molecule has 0 radical (unpaired) electrons. The zero-order chi connectivity index (χ0) is 9.26. The largest absolute Gasteiger partial charge is 0.378 e. The van der Waals surface area contributed by atoms with Gasteiger partial charge in [0.25, 0.3) is 0 Å². The lowest BCUT2D eigenvalue weighted by Gasteiger charge is -2.32. The van der Waals surface area contributed by atoms with Crippen molar-refractivity contribution in [3.8, 4) is 0 Å². The smallest absolute Gasteiger partial charge is 0.0612 e. The van der Waals surface area contributed by atoms with Crippen LogP contribution in [-0.4, -0.2) is 24.8 Å². The zero-order valence-corrected chi connectivity index (χ0v) is 8.75. The van der Waals surface area contributed by atoms with Crippen molar-refractivity contribution in [1.29, 1.82) is 0 Å². The van der Waals surface area contributed by atoms with Crippen LogP contribution < -0.4 is 5.32 Å². The van der Waals surface area contributed by atoms with Gasteiger partial charge in [0.1, 0.15) is 0 Å². The molecule has 2 aliphatic rings. The molecule has 0 aromatic rings. The molecule has 1 aliphatic heterocycles. The Balaban J connectivity index is 1.77. The average Bonchev–Trinajstić information content (AvgIpc) is 2.89. The third-order valence-electron chi connectivity index (χ3n) is 3.11. The molecule has 2 nitrogen and oxygen atoms in total. The SMILES string of the molecule is CC(C)C1CC(NC2CC2)CCO1. The van der Waals surface area contributed by atoms with Crippen molar-refractivity contribution in [3.05, 3.63) is 0 Å². The molecular formula is C11H21NO. The number of hydrogen-bond acceptors (Lipinski definition) is 2. The molecule has 1 saturated carbocycles. The molecule has 0 spiro atoms. The Bertz CT molecular complexity index is 165. The van der Waals surface area contributed by atoms with E-state index in [9.17, 15) is 0 Å². The minimum absolute atomic E-state index is 0.491. The fraction of sp³-hybridized carbons (Fsp3) is 1.00. The van der Waals surface area contributed by atoms with E-state index in [2.05, 4.69) is 19.2 Å². The molecule has 2 rings (SSSR count). The molecule has 0 aromatic heterocycles. The summed E-state index contributed by atoms with van der Waals surface area (Å²) < 4.78 is 5.73. The third kappa shape index (κ3) is 2.68. The van der Waals surface area contributed by atoms with E-state index >= 15 is 0 Å². The lowest BCUT2D eigenvalue weighted by Crippen LogP contribution is -2.41. The van der Waals surface area contributed by atoms with Crippen molar-refractivity contribution in [1.82, 2.24) is 5.32 Å². The highest BCUT2D eigenvalue weighted by Crippen LogP contribution is 2.25. The molecule has 2 heteroatoms. The summed E-state index contributed by atoms with van der Waals surface area (Å²) in [6.07, 6.45) is 5.70. The van der Waals surface area contributed by atoms with Gasteiger partial charge >= 0.3 is 0 Å². The predicted molar refractivity (Wildman–Crippen MR) is 53.8 cm³/mol. The van der Waals surface area contributed by atoms with Crippen LogP contribution in [0.5, 0.6) is 0 Å². The monoisotopic (exact) mass is 183 g/mol. The molecule has 2 unspecified atom stereocenters. The van der Waals surface area contributed by atoms with Gasteiger partial charge in [0.2, 0.25) is 0 Å². The second-order valence-corrected chi connectivity index (χ2v) is 4.82. The molecule has 1 heterocycles. The number of hydrogen-bond donors (Lipinski definition) is 1. The molecule has 1 saturated heterocycles. The minimum atomic E-state index is 0.491. The highest BCUT2D eigenvalue weighted by molar-refractivity contribution is 4.87. The summed E-state index contributed by atoms with van der Waals surface area (Å²) in [4.78, 5) is 0. The van der Waals surface area contributed by atoms with Gasteiger partial charge in [-0.15, -0.1) is 0 Å². The molecule has 0 aromatic carbocycles. The quantitative estimate of drug-likeness (QED) is 0.722. The highest BCUT2D eigenvalue weighted by Gasteiger charge is 2.29. The zero-order valence-electron chi connectivity index (χ0n) is 8.75. The molecular weight excluding hydrogens is 162 g/mol. The van der Waals surface area contributed by atoms with Crippen LogP contribution in [0.2, 0.25) is 0 Å². The minimum Gasteiger partial charge on any atom is -0.378 e. The van der Waals surface area contributed by atoms with E-state index in [1.54, 1.807) is 0 Å². The number of rotatable bonds is 3. The summed E-state index contributed by atoms with van der Waals surface area (Å²) in [5.41, 5.74) is 0. The van der Waals surface area contributed by atoms with E-state index in [0.29, 0.717) is 12.0 Å². The van der Waals surface area contributed by atoms with Gasteiger partial charge in [0.05, 0.1) is 6.10 Å². The predicted octanol–water partition coefficient (Wildman–Crippen LogP) is 1.94. The first kappa shape index (κ1) is 9.47. The summed E-state index contributed by atoms with van der Waals surface area (Å²) in [5, 5.41) is 3.70. The van der Waals surface area contributed by atoms with E-state index in [1.807, 2.05) is 0 Å². The summed E-state index contributed by atoms with van der Waals surface area (Å²) in [6, 6.07) is 1.57. The van der Waals surface area contributed by atoms with Crippen LogP contribution in [0.25, 0.3) is 0 Å². The van der Waals surface area contributed by atoms with Crippen molar-refractivity contribution in [2.75, 3.05) is 6.61 Å². The van der Waals surface area contributed by atoms with Gasteiger partial charge in [-0.1, -0.05) is 13.8 Å². The van der Waals surface area contributed by atoms with Gasteiger partial charge in [0.15, 0.2) is 0 Å². The standard InChI is InChI=1S/C11H21NO/c1-8(2)11-7-10(5-6-13-11)12-9-3-4-9/h8-12H,3-7H2,1-2H3. The Kier molecular flexibility index (Phi) is 2.89. The Labute approximate surface area is 81.0 Å². The summed E-state index contributed by atoms with van der Waals surface area (Å²) >= 11 is 0. The van der Waals surface area contributed by atoms with E-state index in [1.165, 1.54) is 25.7 Å². The Morgan fingerprint density at radius 1 is 1.15 bits per heavy atom. The molecule has 0 amide bonds. The first-order chi connectivity index (χ1) is 6.25. The number of ether oxygens (including phenoxy) is 1. The van der Waals surface area contributed by atoms with Crippen LogP contribution in [0.3, 0.4) is 0 Å². The maximum absolute atomic E-state index is 5.73. The first-order valence-electron chi connectivity index (χ1n) is 5.63. The first-order valence-corrected chi connectivity index (χ1v) is 5.63. The van der Waals surface area contributed by atoms with Gasteiger partial charge in [-0.2, -0.15) is 0 Å². The molecule has 2 fully saturated rings.